The van der Waals surface area contributed by atoms with E-state index in [1.165, 1.54) is 0 Å². The summed E-state index contributed by atoms with van der Waals surface area (Å²) in [5, 5.41) is 8.83. The van der Waals surface area contributed by atoms with Gasteiger partial charge in [-0.2, -0.15) is 0 Å². The standard InChI is InChI=1S/C15H16N2O2/c1-17(11-14-4-2-3-9-16-14)10-12-5-7-13(8-6-12)15(18)19/h2-9H,10-11H2,1H3,(H,18,19). The molecule has 0 amide bonds. The second-order valence-corrected chi connectivity index (χ2v) is 4.50. The van der Waals surface area contributed by atoms with E-state index in [4.69, 9.17) is 5.11 Å². The fourth-order valence-corrected chi connectivity index (χ4v) is 1.89. The van der Waals surface area contributed by atoms with Crippen molar-refractivity contribution in [1.29, 1.82) is 0 Å². The molecule has 0 atom stereocenters. The highest BCUT2D eigenvalue weighted by Gasteiger charge is 2.05. The lowest BCUT2D eigenvalue weighted by Crippen LogP contribution is -2.17. The first-order valence-corrected chi connectivity index (χ1v) is 6.06. The van der Waals surface area contributed by atoms with E-state index in [1.807, 2.05) is 37.4 Å². The molecular formula is C15H16N2O2. The topological polar surface area (TPSA) is 53.4 Å². The van der Waals surface area contributed by atoms with E-state index in [0.29, 0.717) is 5.56 Å². The Balaban J connectivity index is 1.95. The van der Waals surface area contributed by atoms with E-state index in [-0.39, 0.29) is 0 Å². The molecule has 0 aliphatic heterocycles. The van der Waals surface area contributed by atoms with E-state index >= 15 is 0 Å². The third-order valence-corrected chi connectivity index (χ3v) is 2.81. The Kier molecular flexibility index (Phi) is 4.26. The van der Waals surface area contributed by atoms with Crippen LogP contribution in [0.25, 0.3) is 0 Å². The highest BCUT2D eigenvalue weighted by molar-refractivity contribution is 5.87. The Hall–Kier alpha value is -2.20. The Bertz CT molecular complexity index is 538. The van der Waals surface area contributed by atoms with Crippen LogP contribution in [-0.2, 0) is 13.1 Å². The molecule has 1 N–H and O–H groups in total. The Morgan fingerprint density at radius 2 is 1.89 bits per heavy atom. The van der Waals surface area contributed by atoms with Gasteiger partial charge in [0.15, 0.2) is 0 Å². The zero-order valence-corrected chi connectivity index (χ0v) is 10.8. The molecule has 19 heavy (non-hydrogen) atoms. The molecule has 0 unspecified atom stereocenters. The molecule has 0 saturated heterocycles. The summed E-state index contributed by atoms with van der Waals surface area (Å²) in [6.07, 6.45) is 1.78. The SMILES string of the molecule is CN(Cc1ccc(C(=O)O)cc1)Cc1ccccn1. The average molecular weight is 256 g/mol. The van der Waals surface area contributed by atoms with Crippen molar-refractivity contribution in [2.75, 3.05) is 7.05 Å². The van der Waals surface area contributed by atoms with Crippen LogP contribution in [0.5, 0.6) is 0 Å². The third kappa shape index (κ3) is 3.89. The number of aromatic nitrogens is 1. The van der Waals surface area contributed by atoms with Crippen molar-refractivity contribution >= 4 is 5.97 Å². The number of hydrogen-bond donors (Lipinski definition) is 1. The first-order chi connectivity index (χ1) is 9.15. The number of carboxylic acid groups (broad SMARTS) is 1. The van der Waals surface area contributed by atoms with Gasteiger partial charge in [-0.25, -0.2) is 4.79 Å². The van der Waals surface area contributed by atoms with E-state index in [9.17, 15) is 4.79 Å². The van der Waals surface area contributed by atoms with Crippen LogP contribution in [0.3, 0.4) is 0 Å². The van der Waals surface area contributed by atoms with Gasteiger partial charge >= 0.3 is 5.97 Å². The molecule has 0 spiro atoms. The van der Waals surface area contributed by atoms with Gasteiger partial charge in [-0.3, -0.25) is 9.88 Å². The molecule has 0 saturated carbocycles. The van der Waals surface area contributed by atoms with Gasteiger partial charge in [0, 0.05) is 19.3 Å². The Morgan fingerprint density at radius 1 is 1.16 bits per heavy atom. The first-order valence-electron chi connectivity index (χ1n) is 6.06. The monoisotopic (exact) mass is 256 g/mol. The van der Waals surface area contributed by atoms with Crippen LogP contribution in [-0.4, -0.2) is 28.0 Å². The largest absolute Gasteiger partial charge is 0.478 e. The lowest BCUT2D eigenvalue weighted by molar-refractivity contribution is 0.0697. The predicted molar refractivity (Wildman–Crippen MR) is 72.8 cm³/mol. The first kappa shape index (κ1) is 13.2. The summed E-state index contributed by atoms with van der Waals surface area (Å²) in [6, 6.07) is 12.8. The molecule has 0 aliphatic carbocycles. The molecule has 0 radical (unpaired) electrons. The number of carbonyl (C=O) groups is 1. The molecule has 1 aromatic heterocycles. The van der Waals surface area contributed by atoms with E-state index in [1.54, 1.807) is 18.3 Å². The van der Waals surface area contributed by atoms with E-state index in [0.717, 1.165) is 24.3 Å². The molecule has 1 heterocycles. The maximum Gasteiger partial charge on any atom is 0.335 e. The molecule has 1 aromatic carbocycles. The molecule has 98 valence electrons. The summed E-state index contributed by atoms with van der Waals surface area (Å²) in [5.41, 5.74) is 2.42. The zero-order valence-electron chi connectivity index (χ0n) is 10.8. The van der Waals surface area contributed by atoms with Crippen LogP contribution in [0.15, 0.2) is 48.7 Å². The van der Waals surface area contributed by atoms with Crippen molar-refractivity contribution in [1.82, 2.24) is 9.88 Å². The number of carboxylic acids is 1. The second-order valence-electron chi connectivity index (χ2n) is 4.50. The summed E-state index contributed by atoms with van der Waals surface area (Å²) in [4.78, 5) is 17.2. The van der Waals surface area contributed by atoms with Gasteiger partial charge in [0.2, 0.25) is 0 Å². The summed E-state index contributed by atoms with van der Waals surface area (Å²) < 4.78 is 0. The number of rotatable bonds is 5. The number of nitrogens with zero attached hydrogens (tertiary/aromatic N) is 2. The molecule has 0 aliphatic rings. The maximum atomic E-state index is 10.8. The van der Waals surface area contributed by atoms with Crippen LogP contribution in [0.2, 0.25) is 0 Å². The fourth-order valence-electron chi connectivity index (χ4n) is 1.89. The number of aromatic carboxylic acids is 1. The third-order valence-electron chi connectivity index (χ3n) is 2.81. The zero-order chi connectivity index (χ0) is 13.7. The predicted octanol–water partition coefficient (Wildman–Crippen LogP) is 2.41. The van der Waals surface area contributed by atoms with Gasteiger partial charge in [-0.15, -0.1) is 0 Å². The fraction of sp³-hybridized carbons (Fsp3) is 0.200. The number of hydrogen-bond acceptors (Lipinski definition) is 3. The van der Waals surface area contributed by atoms with E-state index < -0.39 is 5.97 Å². The quantitative estimate of drug-likeness (QED) is 0.892. The minimum atomic E-state index is -0.895. The van der Waals surface area contributed by atoms with Crippen molar-refractivity contribution in [3.8, 4) is 0 Å². The van der Waals surface area contributed by atoms with Crippen molar-refractivity contribution in [3.05, 3.63) is 65.5 Å². The van der Waals surface area contributed by atoms with Gasteiger partial charge in [-0.05, 0) is 36.9 Å². The molecule has 0 bridgehead atoms. The number of pyridine rings is 1. The van der Waals surface area contributed by atoms with Gasteiger partial charge in [0.05, 0.1) is 11.3 Å². The van der Waals surface area contributed by atoms with Crippen molar-refractivity contribution in [2.45, 2.75) is 13.1 Å². The summed E-state index contributed by atoms with van der Waals surface area (Å²) in [6.45, 7) is 1.53. The Morgan fingerprint density at radius 3 is 2.47 bits per heavy atom. The summed E-state index contributed by atoms with van der Waals surface area (Å²) >= 11 is 0. The minimum absolute atomic E-state index is 0.316. The van der Waals surface area contributed by atoms with Crippen LogP contribution < -0.4 is 0 Å². The smallest absolute Gasteiger partial charge is 0.335 e. The highest BCUT2D eigenvalue weighted by Crippen LogP contribution is 2.08. The molecule has 4 nitrogen and oxygen atoms in total. The summed E-state index contributed by atoms with van der Waals surface area (Å²) in [5.74, 6) is -0.895. The second kappa shape index (κ2) is 6.11. The van der Waals surface area contributed by atoms with Gasteiger partial charge in [-0.1, -0.05) is 18.2 Å². The van der Waals surface area contributed by atoms with Crippen LogP contribution in [0.4, 0.5) is 0 Å². The highest BCUT2D eigenvalue weighted by atomic mass is 16.4. The van der Waals surface area contributed by atoms with Crippen LogP contribution >= 0.6 is 0 Å². The molecule has 2 rings (SSSR count). The Labute approximate surface area is 112 Å². The maximum absolute atomic E-state index is 10.8. The van der Waals surface area contributed by atoms with Crippen molar-refractivity contribution in [2.24, 2.45) is 0 Å². The average Bonchev–Trinajstić information content (AvgIpc) is 2.40. The van der Waals surface area contributed by atoms with Gasteiger partial charge in [0.1, 0.15) is 0 Å². The van der Waals surface area contributed by atoms with E-state index in [2.05, 4.69) is 9.88 Å². The van der Waals surface area contributed by atoms with Gasteiger partial charge < -0.3 is 5.11 Å². The van der Waals surface area contributed by atoms with Crippen molar-refractivity contribution in [3.63, 3.8) is 0 Å². The molecular weight excluding hydrogens is 240 g/mol. The van der Waals surface area contributed by atoms with Crippen molar-refractivity contribution < 1.29 is 9.90 Å². The normalized spacial score (nSPS) is 10.6. The van der Waals surface area contributed by atoms with Gasteiger partial charge in [0.25, 0.3) is 0 Å². The lowest BCUT2D eigenvalue weighted by atomic mass is 10.1. The van der Waals surface area contributed by atoms with Crippen LogP contribution in [0, 0.1) is 0 Å². The summed E-state index contributed by atoms with van der Waals surface area (Å²) in [7, 11) is 2.01. The minimum Gasteiger partial charge on any atom is -0.478 e. The number of benzene rings is 1. The molecule has 4 heteroatoms. The van der Waals surface area contributed by atoms with Crippen LogP contribution in [0.1, 0.15) is 21.6 Å². The lowest BCUT2D eigenvalue weighted by Gasteiger charge is -2.16. The molecule has 2 aromatic rings. The molecule has 0 fully saturated rings.